The molecule has 0 saturated carbocycles. The van der Waals surface area contributed by atoms with Gasteiger partial charge in [-0.2, -0.15) is 0 Å². The maximum absolute atomic E-state index is 12.1. The Labute approximate surface area is 129 Å². The van der Waals surface area contributed by atoms with E-state index < -0.39 is 35.7 Å². The van der Waals surface area contributed by atoms with Crippen LogP contribution in [0.5, 0.6) is 0 Å². The van der Waals surface area contributed by atoms with Gasteiger partial charge in [0.2, 0.25) is 23.6 Å². The first-order valence-electron chi connectivity index (χ1n) is 6.91. The molecule has 0 saturated heterocycles. The summed E-state index contributed by atoms with van der Waals surface area (Å²) in [6, 6.07) is -2.04. The number of amides is 4. The predicted molar refractivity (Wildman–Crippen MR) is 77.4 cm³/mol. The SMILES string of the molecule is CC(=O)N(O)[C@@H](CC(C)C)C(=O)N[C@@H](C)C(=O)NCC(N)=O. The minimum Gasteiger partial charge on any atom is -0.368 e. The van der Waals surface area contributed by atoms with Crippen LogP contribution in [0.4, 0.5) is 0 Å². The second-order valence-electron chi connectivity index (χ2n) is 5.42. The Hall–Kier alpha value is -2.16. The molecule has 9 nitrogen and oxygen atoms in total. The van der Waals surface area contributed by atoms with E-state index in [0.717, 1.165) is 6.92 Å². The summed E-state index contributed by atoms with van der Waals surface area (Å²) in [5.41, 5.74) is 4.90. The van der Waals surface area contributed by atoms with Crippen molar-refractivity contribution in [3.8, 4) is 0 Å². The Balaban J connectivity index is 4.76. The molecule has 0 bridgehead atoms. The summed E-state index contributed by atoms with van der Waals surface area (Å²) >= 11 is 0. The summed E-state index contributed by atoms with van der Waals surface area (Å²) in [5.74, 6) is -2.59. The molecule has 0 heterocycles. The van der Waals surface area contributed by atoms with E-state index in [1.54, 1.807) is 0 Å². The van der Waals surface area contributed by atoms with Crippen LogP contribution in [0.15, 0.2) is 0 Å². The largest absolute Gasteiger partial charge is 0.368 e. The van der Waals surface area contributed by atoms with Gasteiger partial charge in [0.1, 0.15) is 12.1 Å². The number of rotatable bonds is 8. The van der Waals surface area contributed by atoms with Gasteiger partial charge in [-0.15, -0.1) is 0 Å². The summed E-state index contributed by atoms with van der Waals surface area (Å²) in [6.45, 7) is 5.86. The van der Waals surface area contributed by atoms with Gasteiger partial charge < -0.3 is 16.4 Å². The molecule has 0 radical (unpaired) electrons. The quantitative estimate of drug-likeness (QED) is 0.327. The molecule has 0 rings (SSSR count). The van der Waals surface area contributed by atoms with E-state index in [9.17, 15) is 24.4 Å². The lowest BCUT2D eigenvalue weighted by molar-refractivity contribution is -0.179. The standard InChI is InChI=1S/C13H24N4O5/c1-7(2)5-10(17(22)9(4)18)13(21)16-8(3)12(20)15-6-11(14)19/h7-8,10,22H,5-6H2,1-4H3,(H2,14,19)(H,15,20)(H,16,21)/t8-,10-/m0/s1. The molecule has 9 heteroatoms. The first-order valence-corrected chi connectivity index (χ1v) is 6.91. The molecule has 0 aromatic rings. The Kier molecular flexibility index (Phi) is 8.10. The Morgan fingerprint density at radius 3 is 2.09 bits per heavy atom. The molecule has 0 unspecified atom stereocenters. The summed E-state index contributed by atoms with van der Waals surface area (Å²) in [5, 5.41) is 14.7. The third kappa shape index (κ3) is 7.02. The molecule has 4 amide bonds. The van der Waals surface area contributed by atoms with Crippen LogP contribution < -0.4 is 16.4 Å². The van der Waals surface area contributed by atoms with Crippen LogP contribution >= 0.6 is 0 Å². The summed E-state index contributed by atoms with van der Waals surface area (Å²) in [6.07, 6.45) is 0.234. The molecule has 22 heavy (non-hydrogen) atoms. The first kappa shape index (κ1) is 19.8. The van der Waals surface area contributed by atoms with E-state index >= 15 is 0 Å². The van der Waals surface area contributed by atoms with Gasteiger partial charge >= 0.3 is 0 Å². The summed E-state index contributed by atoms with van der Waals surface area (Å²) < 4.78 is 0. The molecule has 0 aliphatic rings. The van der Waals surface area contributed by atoms with Crippen LogP contribution in [0.1, 0.15) is 34.1 Å². The van der Waals surface area contributed by atoms with Crippen molar-refractivity contribution in [2.45, 2.75) is 46.2 Å². The molecule has 0 aromatic carbocycles. The molecular formula is C13H24N4O5. The number of nitrogens with zero attached hydrogens (tertiary/aromatic N) is 1. The molecule has 2 atom stereocenters. The number of carbonyl (C=O) groups excluding carboxylic acids is 4. The second kappa shape index (κ2) is 8.98. The number of nitrogens with one attached hydrogen (secondary N) is 2. The van der Waals surface area contributed by atoms with E-state index in [4.69, 9.17) is 5.73 Å². The van der Waals surface area contributed by atoms with Gasteiger partial charge in [0.15, 0.2) is 0 Å². The smallest absolute Gasteiger partial charge is 0.246 e. The molecule has 0 spiro atoms. The normalized spacial score (nSPS) is 13.2. The van der Waals surface area contributed by atoms with E-state index in [1.165, 1.54) is 6.92 Å². The van der Waals surface area contributed by atoms with Crippen molar-refractivity contribution in [1.82, 2.24) is 15.7 Å². The van der Waals surface area contributed by atoms with E-state index in [-0.39, 0.29) is 18.9 Å². The minimum atomic E-state index is -1.09. The van der Waals surface area contributed by atoms with Crippen LogP contribution in [-0.4, -0.2) is 52.5 Å². The van der Waals surface area contributed by atoms with Crippen LogP contribution in [0.25, 0.3) is 0 Å². The highest BCUT2D eigenvalue weighted by Crippen LogP contribution is 2.11. The molecule has 0 aromatic heterocycles. The number of primary amides is 1. The zero-order valence-electron chi connectivity index (χ0n) is 13.3. The van der Waals surface area contributed by atoms with Gasteiger partial charge in [0.25, 0.3) is 0 Å². The zero-order chi connectivity index (χ0) is 17.4. The van der Waals surface area contributed by atoms with Crippen molar-refractivity contribution in [1.29, 1.82) is 0 Å². The van der Waals surface area contributed by atoms with E-state index in [0.29, 0.717) is 5.06 Å². The van der Waals surface area contributed by atoms with Gasteiger partial charge in [0.05, 0.1) is 6.54 Å². The van der Waals surface area contributed by atoms with Crippen LogP contribution in [0.3, 0.4) is 0 Å². The lowest BCUT2D eigenvalue weighted by atomic mass is 10.0. The molecule has 0 fully saturated rings. The summed E-state index contributed by atoms with van der Waals surface area (Å²) in [4.78, 5) is 45.6. The molecule has 0 aliphatic heterocycles. The van der Waals surface area contributed by atoms with Crippen LogP contribution in [-0.2, 0) is 19.2 Å². The average Bonchev–Trinajstić information content (AvgIpc) is 2.40. The summed E-state index contributed by atoms with van der Waals surface area (Å²) in [7, 11) is 0. The monoisotopic (exact) mass is 316 g/mol. The molecule has 126 valence electrons. The van der Waals surface area contributed by atoms with Crippen LogP contribution in [0, 0.1) is 5.92 Å². The van der Waals surface area contributed by atoms with Crippen molar-refractivity contribution >= 4 is 23.6 Å². The predicted octanol–water partition coefficient (Wildman–Crippen LogP) is -1.25. The second-order valence-corrected chi connectivity index (χ2v) is 5.42. The van der Waals surface area contributed by atoms with Crippen molar-refractivity contribution in [2.24, 2.45) is 11.7 Å². The van der Waals surface area contributed by atoms with Gasteiger partial charge in [0, 0.05) is 6.92 Å². The Morgan fingerprint density at radius 1 is 1.14 bits per heavy atom. The van der Waals surface area contributed by atoms with Gasteiger partial charge in [-0.05, 0) is 19.3 Å². The highest BCUT2D eigenvalue weighted by molar-refractivity contribution is 5.92. The highest BCUT2D eigenvalue weighted by Gasteiger charge is 2.29. The molecule has 0 aliphatic carbocycles. The highest BCUT2D eigenvalue weighted by atomic mass is 16.5. The zero-order valence-corrected chi connectivity index (χ0v) is 13.3. The van der Waals surface area contributed by atoms with Crippen molar-refractivity contribution in [2.75, 3.05) is 6.54 Å². The number of hydroxylamine groups is 2. The van der Waals surface area contributed by atoms with Gasteiger partial charge in [-0.25, -0.2) is 5.06 Å². The maximum Gasteiger partial charge on any atom is 0.246 e. The number of hydrogen-bond donors (Lipinski definition) is 4. The lowest BCUT2D eigenvalue weighted by Gasteiger charge is -2.26. The molecule has 5 N–H and O–H groups in total. The van der Waals surface area contributed by atoms with E-state index in [2.05, 4.69) is 10.6 Å². The number of hydrogen-bond acceptors (Lipinski definition) is 5. The van der Waals surface area contributed by atoms with Crippen LogP contribution in [0.2, 0.25) is 0 Å². The van der Waals surface area contributed by atoms with E-state index in [1.807, 2.05) is 13.8 Å². The number of carbonyl (C=O) groups is 4. The fourth-order valence-corrected chi connectivity index (χ4v) is 1.69. The third-order valence-electron chi connectivity index (χ3n) is 2.80. The fourth-order valence-electron chi connectivity index (χ4n) is 1.69. The first-order chi connectivity index (χ1) is 10.1. The van der Waals surface area contributed by atoms with Crippen molar-refractivity contribution in [3.63, 3.8) is 0 Å². The number of nitrogens with two attached hydrogens (primary N) is 1. The minimum absolute atomic E-state index is 0.0451. The topological polar surface area (TPSA) is 142 Å². The lowest BCUT2D eigenvalue weighted by Crippen LogP contribution is -2.53. The Bertz CT molecular complexity index is 438. The van der Waals surface area contributed by atoms with Gasteiger partial charge in [-0.1, -0.05) is 13.8 Å². The Morgan fingerprint density at radius 2 is 1.68 bits per heavy atom. The third-order valence-corrected chi connectivity index (χ3v) is 2.80. The fraction of sp³-hybridized carbons (Fsp3) is 0.692. The molecular weight excluding hydrogens is 292 g/mol. The average molecular weight is 316 g/mol. The van der Waals surface area contributed by atoms with Crippen molar-refractivity contribution in [3.05, 3.63) is 0 Å². The maximum atomic E-state index is 12.1. The van der Waals surface area contributed by atoms with Crippen molar-refractivity contribution < 1.29 is 24.4 Å². The van der Waals surface area contributed by atoms with Gasteiger partial charge in [-0.3, -0.25) is 24.4 Å².